The van der Waals surface area contributed by atoms with Gasteiger partial charge in [0.1, 0.15) is 11.3 Å². The third-order valence-electron chi connectivity index (χ3n) is 4.47. The molecule has 1 amide bonds. The van der Waals surface area contributed by atoms with Gasteiger partial charge in [-0.3, -0.25) is 4.79 Å². The molecule has 3 aromatic rings. The van der Waals surface area contributed by atoms with Crippen LogP contribution in [-0.4, -0.2) is 12.0 Å². The number of ether oxygens (including phenoxy) is 1. The fourth-order valence-corrected chi connectivity index (χ4v) is 2.76. The molecule has 0 aliphatic carbocycles. The molecule has 0 radical (unpaired) electrons. The number of hydrogen-bond donors (Lipinski definition) is 1. The van der Waals surface area contributed by atoms with Gasteiger partial charge in [0, 0.05) is 23.2 Å². The van der Waals surface area contributed by atoms with Crippen molar-refractivity contribution in [3.63, 3.8) is 0 Å². The highest BCUT2D eigenvalue weighted by atomic mass is 16.5. The van der Waals surface area contributed by atoms with Crippen LogP contribution in [0.5, 0.6) is 5.75 Å². The fraction of sp³-hybridized carbons (Fsp3) is 0.238. The zero-order valence-electron chi connectivity index (χ0n) is 15.3. The van der Waals surface area contributed by atoms with E-state index in [9.17, 15) is 9.59 Å². The van der Waals surface area contributed by atoms with Crippen LogP contribution in [0.2, 0.25) is 0 Å². The summed E-state index contributed by atoms with van der Waals surface area (Å²) in [4.78, 5) is 24.0. The van der Waals surface area contributed by atoms with Crippen LogP contribution < -0.4 is 15.7 Å². The maximum atomic E-state index is 12.4. The summed E-state index contributed by atoms with van der Waals surface area (Å²) >= 11 is 0. The molecular formula is C21H21NO4. The number of amides is 1. The van der Waals surface area contributed by atoms with Crippen molar-refractivity contribution in [2.24, 2.45) is 0 Å². The van der Waals surface area contributed by atoms with E-state index in [-0.39, 0.29) is 5.91 Å². The van der Waals surface area contributed by atoms with Crippen LogP contribution in [0.3, 0.4) is 0 Å². The van der Waals surface area contributed by atoms with Gasteiger partial charge in [0.05, 0.1) is 0 Å². The smallest absolute Gasteiger partial charge is 0.336 e. The number of nitrogens with one attached hydrogen (secondary N) is 1. The van der Waals surface area contributed by atoms with Crippen LogP contribution in [0.4, 0.5) is 5.69 Å². The van der Waals surface area contributed by atoms with E-state index in [1.54, 1.807) is 19.1 Å². The average Bonchev–Trinajstić information content (AvgIpc) is 2.58. The molecule has 5 heteroatoms. The predicted molar refractivity (Wildman–Crippen MR) is 102 cm³/mol. The highest BCUT2D eigenvalue weighted by Crippen LogP contribution is 2.23. The normalized spacial score (nSPS) is 12.0. The number of carbonyl (C=O) groups is 1. The molecule has 0 spiro atoms. The Morgan fingerprint density at radius 2 is 1.85 bits per heavy atom. The minimum atomic E-state index is -0.705. The van der Waals surface area contributed by atoms with E-state index in [0.717, 1.165) is 27.8 Å². The minimum Gasteiger partial charge on any atom is -0.481 e. The van der Waals surface area contributed by atoms with Gasteiger partial charge in [-0.15, -0.1) is 0 Å². The highest BCUT2D eigenvalue weighted by molar-refractivity contribution is 5.95. The Labute approximate surface area is 151 Å². The Bertz CT molecular complexity index is 1040. The number of aryl methyl sites for hydroxylation is 2. The average molecular weight is 351 g/mol. The Morgan fingerprint density at radius 1 is 1.08 bits per heavy atom. The zero-order valence-corrected chi connectivity index (χ0v) is 15.3. The Morgan fingerprint density at radius 3 is 2.62 bits per heavy atom. The van der Waals surface area contributed by atoms with Gasteiger partial charge in [0.15, 0.2) is 6.10 Å². The van der Waals surface area contributed by atoms with Gasteiger partial charge in [-0.05, 0) is 62.6 Å². The van der Waals surface area contributed by atoms with E-state index in [2.05, 4.69) is 5.32 Å². The van der Waals surface area contributed by atoms with Gasteiger partial charge in [0.2, 0.25) is 0 Å². The van der Waals surface area contributed by atoms with E-state index >= 15 is 0 Å². The van der Waals surface area contributed by atoms with Crippen molar-refractivity contribution in [1.82, 2.24) is 0 Å². The van der Waals surface area contributed by atoms with E-state index in [1.165, 1.54) is 6.07 Å². The maximum absolute atomic E-state index is 12.4. The van der Waals surface area contributed by atoms with E-state index in [0.29, 0.717) is 11.3 Å². The third-order valence-corrected chi connectivity index (χ3v) is 4.47. The lowest BCUT2D eigenvalue weighted by Crippen LogP contribution is -2.30. The van der Waals surface area contributed by atoms with Crippen LogP contribution >= 0.6 is 0 Å². The Hall–Kier alpha value is -3.08. The zero-order chi connectivity index (χ0) is 18.8. The molecule has 0 aliphatic rings. The van der Waals surface area contributed by atoms with Gasteiger partial charge in [-0.25, -0.2) is 4.79 Å². The van der Waals surface area contributed by atoms with E-state index < -0.39 is 11.7 Å². The quantitative estimate of drug-likeness (QED) is 0.718. The van der Waals surface area contributed by atoms with Crippen molar-refractivity contribution in [1.29, 1.82) is 0 Å². The summed E-state index contributed by atoms with van der Waals surface area (Å²) in [6.45, 7) is 7.48. The monoisotopic (exact) mass is 351 g/mol. The van der Waals surface area contributed by atoms with Gasteiger partial charge in [-0.1, -0.05) is 12.1 Å². The lowest BCUT2D eigenvalue weighted by Gasteiger charge is -2.16. The number of carbonyl (C=O) groups excluding carboxylic acids is 1. The summed E-state index contributed by atoms with van der Waals surface area (Å²) in [6, 6.07) is 12.4. The Kier molecular flexibility index (Phi) is 4.80. The van der Waals surface area contributed by atoms with Crippen molar-refractivity contribution in [2.75, 3.05) is 5.32 Å². The first kappa shape index (κ1) is 17.7. The first-order chi connectivity index (χ1) is 12.3. The van der Waals surface area contributed by atoms with Crippen molar-refractivity contribution in [3.8, 4) is 5.75 Å². The molecular weight excluding hydrogens is 330 g/mol. The molecule has 0 aliphatic heterocycles. The Balaban J connectivity index is 1.77. The molecule has 1 heterocycles. The standard InChI is InChI=1S/C21H21NO4/c1-12-6-5-7-18(14(12)3)22-21(24)15(4)25-16-8-9-17-13(2)10-20(23)26-19(17)11-16/h5-11,15H,1-4H3,(H,22,24). The van der Waals surface area contributed by atoms with Gasteiger partial charge in [-0.2, -0.15) is 0 Å². The summed E-state index contributed by atoms with van der Waals surface area (Å²) in [5, 5.41) is 3.73. The molecule has 1 unspecified atom stereocenters. The van der Waals surface area contributed by atoms with Crippen LogP contribution in [0, 0.1) is 20.8 Å². The summed E-state index contributed by atoms with van der Waals surface area (Å²) < 4.78 is 10.9. The second-order valence-electron chi connectivity index (χ2n) is 6.40. The number of fused-ring (bicyclic) bond motifs is 1. The van der Waals surface area contributed by atoms with Gasteiger partial charge < -0.3 is 14.5 Å². The number of benzene rings is 2. The van der Waals surface area contributed by atoms with Gasteiger partial charge in [0.25, 0.3) is 5.91 Å². The van der Waals surface area contributed by atoms with E-state index in [1.807, 2.05) is 45.0 Å². The first-order valence-electron chi connectivity index (χ1n) is 8.43. The molecule has 1 N–H and O–H groups in total. The van der Waals surface area contributed by atoms with Crippen molar-refractivity contribution in [2.45, 2.75) is 33.8 Å². The summed E-state index contributed by atoms with van der Waals surface area (Å²) in [7, 11) is 0. The molecule has 26 heavy (non-hydrogen) atoms. The summed E-state index contributed by atoms with van der Waals surface area (Å²) in [6.07, 6.45) is -0.705. The number of anilines is 1. The minimum absolute atomic E-state index is 0.246. The van der Waals surface area contributed by atoms with Crippen molar-refractivity contribution >= 4 is 22.6 Å². The maximum Gasteiger partial charge on any atom is 0.336 e. The molecule has 0 bridgehead atoms. The summed E-state index contributed by atoms with van der Waals surface area (Å²) in [5.41, 5.74) is 3.77. The molecule has 1 atom stereocenters. The summed E-state index contributed by atoms with van der Waals surface area (Å²) in [5.74, 6) is 0.222. The van der Waals surface area contributed by atoms with Crippen LogP contribution in [0.15, 0.2) is 51.7 Å². The van der Waals surface area contributed by atoms with Gasteiger partial charge >= 0.3 is 5.63 Å². The number of rotatable bonds is 4. The molecule has 0 fully saturated rings. The molecule has 3 rings (SSSR count). The van der Waals surface area contributed by atoms with Crippen LogP contribution in [0.25, 0.3) is 11.0 Å². The molecule has 2 aromatic carbocycles. The fourth-order valence-electron chi connectivity index (χ4n) is 2.76. The second-order valence-corrected chi connectivity index (χ2v) is 6.40. The second kappa shape index (κ2) is 7.04. The van der Waals surface area contributed by atoms with Crippen LogP contribution in [-0.2, 0) is 4.79 Å². The van der Waals surface area contributed by atoms with E-state index in [4.69, 9.17) is 9.15 Å². The molecule has 0 saturated heterocycles. The van der Waals surface area contributed by atoms with Crippen molar-refractivity contribution in [3.05, 3.63) is 69.6 Å². The highest BCUT2D eigenvalue weighted by Gasteiger charge is 2.16. The molecule has 1 aromatic heterocycles. The number of hydrogen-bond acceptors (Lipinski definition) is 4. The lowest BCUT2D eigenvalue weighted by molar-refractivity contribution is -0.122. The molecule has 5 nitrogen and oxygen atoms in total. The molecule has 0 saturated carbocycles. The topological polar surface area (TPSA) is 68.5 Å². The first-order valence-corrected chi connectivity index (χ1v) is 8.43. The SMILES string of the molecule is Cc1cccc(NC(=O)C(C)Oc2ccc3c(C)cc(=O)oc3c2)c1C. The lowest BCUT2D eigenvalue weighted by atomic mass is 10.1. The largest absolute Gasteiger partial charge is 0.481 e. The van der Waals surface area contributed by atoms with Crippen molar-refractivity contribution < 1.29 is 13.9 Å². The van der Waals surface area contributed by atoms with Crippen LogP contribution in [0.1, 0.15) is 23.6 Å². The third kappa shape index (κ3) is 3.61. The predicted octanol–water partition coefficient (Wildman–Crippen LogP) is 4.12. The molecule has 134 valence electrons.